The lowest BCUT2D eigenvalue weighted by atomic mass is 10.0. The highest BCUT2D eigenvalue weighted by atomic mass is 32.2. The highest BCUT2D eigenvalue weighted by Crippen LogP contribution is 2.31. The Morgan fingerprint density at radius 1 is 1.03 bits per heavy atom. The minimum absolute atomic E-state index is 0.157. The van der Waals surface area contributed by atoms with Crippen molar-refractivity contribution in [1.29, 1.82) is 0 Å². The Bertz CT molecular complexity index is 1120. The van der Waals surface area contributed by atoms with Crippen LogP contribution in [0.4, 0.5) is 4.39 Å². The molecular weight excluding hydrogens is 491 g/mol. The summed E-state index contributed by atoms with van der Waals surface area (Å²) in [7, 11) is 0. The van der Waals surface area contributed by atoms with Crippen LogP contribution in [0.15, 0.2) is 77.6 Å². The number of unbranched alkanes of at least 4 members (excludes halogenated alkanes) is 3. The topological polar surface area (TPSA) is 85.6 Å². The van der Waals surface area contributed by atoms with Crippen molar-refractivity contribution in [2.75, 3.05) is 6.54 Å². The number of hydrogen-bond acceptors (Lipinski definition) is 4. The predicted molar refractivity (Wildman–Crippen MR) is 141 cm³/mol. The number of nitrogens with one attached hydrogen (secondary N) is 1. The highest BCUT2D eigenvalue weighted by Gasteiger charge is 2.50. The van der Waals surface area contributed by atoms with Crippen molar-refractivity contribution in [3.05, 3.63) is 95.7 Å². The van der Waals surface area contributed by atoms with Crippen LogP contribution in [0.1, 0.15) is 48.8 Å². The van der Waals surface area contributed by atoms with Crippen LogP contribution >= 0.6 is 0 Å². The molecule has 8 heteroatoms. The summed E-state index contributed by atoms with van der Waals surface area (Å²) < 4.78 is 31.3. The first-order valence-electron chi connectivity index (χ1n) is 12.8. The Morgan fingerprint density at radius 3 is 2.49 bits per heavy atom. The smallest absolute Gasteiger partial charge is 0.243 e. The SMILES string of the molecule is O=C(NCCCCCCc1ccc(F)cc1)C(Cc1ccoc1)N1C(=O)CC1[S+]([O-])Cc1ccccc1. The monoisotopic (exact) mass is 524 g/mol. The summed E-state index contributed by atoms with van der Waals surface area (Å²) in [4.78, 5) is 27.3. The number of benzene rings is 2. The van der Waals surface area contributed by atoms with Gasteiger partial charge in [-0.25, -0.2) is 4.39 Å². The normalized spacial score (nSPS) is 16.8. The predicted octanol–water partition coefficient (Wildman–Crippen LogP) is 4.76. The van der Waals surface area contributed by atoms with E-state index in [4.69, 9.17) is 4.42 Å². The van der Waals surface area contributed by atoms with E-state index < -0.39 is 22.6 Å². The molecule has 0 aliphatic carbocycles. The zero-order valence-electron chi connectivity index (χ0n) is 20.8. The number of aryl methyl sites for hydroxylation is 1. The van der Waals surface area contributed by atoms with E-state index in [2.05, 4.69) is 5.32 Å². The van der Waals surface area contributed by atoms with E-state index >= 15 is 0 Å². The molecule has 3 unspecified atom stereocenters. The van der Waals surface area contributed by atoms with E-state index in [0.29, 0.717) is 18.7 Å². The Balaban J connectivity index is 1.27. The van der Waals surface area contributed by atoms with Gasteiger partial charge in [0.1, 0.15) is 17.6 Å². The minimum Gasteiger partial charge on any atom is -0.614 e. The van der Waals surface area contributed by atoms with Crippen molar-refractivity contribution >= 4 is 23.0 Å². The van der Waals surface area contributed by atoms with Gasteiger partial charge < -0.3 is 14.3 Å². The van der Waals surface area contributed by atoms with Crippen molar-refractivity contribution < 1.29 is 22.9 Å². The van der Waals surface area contributed by atoms with E-state index in [9.17, 15) is 18.5 Å². The Morgan fingerprint density at radius 2 is 1.78 bits per heavy atom. The van der Waals surface area contributed by atoms with Crippen molar-refractivity contribution in [1.82, 2.24) is 10.2 Å². The number of halogens is 1. The van der Waals surface area contributed by atoms with Crippen molar-refractivity contribution in [2.24, 2.45) is 0 Å². The number of nitrogens with zero attached hydrogens (tertiary/aromatic N) is 1. The first kappa shape index (κ1) is 26.9. The third-order valence-corrected chi connectivity index (χ3v) is 8.27. The van der Waals surface area contributed by atoms with E-state index in [-0.39, 0.29) is 24.1 Å². The summed E-state index contributed by atoms with van der Waals surface area (Å²) in [6, 6.07) is 17.2. The largest absolute Gasteiger partial charge is 0.614 e. The van der Waals surface area contributed by atoms with E-state index in [1.165, 1.54) is 17.0 Å². The van der Waals surface area contributed by atoms with Gasteiger partial charge in [0.2, 0.25) is 11.8 Å². The Kier molecular flexibility index (Phi) is 9.79. The zero-order valence-corrected chi connectivity index (χ0v) is 21.6. The molecule has 3 aromatic rings. The molecular formula is C29H33FN2O4S. The maximum absolute atomic E-state index is 13.2. The number of carbonyl (C=O) groups excluding carboxylic acids is 2. The maximum Gasteiger partial charge on any atom is 0.243 e. The second kappa shape index (κ2) is 13.4. The molecule has 0 bridgehead atoms. The summed E-state index contributed by atoms with van der Waals surface area (Å²) in [6.07, 6.45) is 8.30. The van der Waals surface area contributed by atoms with Crippen LogP contribution in [0, 0.1) is 5.82 Å². The fourth-order valence-electron chi connectivity index (χ4n) is 4.57. The molecule has 0 saturated carbocycles. The second-order valence-electron chi connectivity index (χ2n) is 9.40. The van der Waals surface area contributed by atoms with Crippen molar-refractivity contribution in [2.45, 2.75) is 62.1 Å². The van der Waals surface area contributed by atoms with Gasteiger partial charge in [0.25, 0.3) is 0 Å². The summed E-state index contributed by atoms with van der Waals surface area (Å²) in [5, 5.41) is 2.50. The molecule has 3 atom stereocenters. The lowest BCUT2D eigenvalue weighted by Gasteiger charge is -2.44. The third-order valence-electron chi connectivity index (χ3n) is 6.65. The molecule has 0 radical (unpaired) electrons. The van der Waals surface area contributed by atoms with Gasteiger partial charge >= 0.3 is 0 Å². The molecule has 0 spiro atoms. The second-order valence-corrected chi connectivity index (χ2v) is 11.0. The maximum atomic E-state index is 13.2. The molecule has 4 rings (SSSR count). The molecule has 2 amide bonds. The van der Waals surface area contributed by atoms with E-state index in [0.717, 1.165) is 48.8 Å². The standard InChI is InChI=1S/C29H33FN2O4S/c30-25-13-11-22(12-14-25)8-4-1-2-7-16-31-29(34)26(18-24-15-17-36-20-24)32-27(33)19-28(32)37(35)21-23-9-5-3-6-10-23/h3,5-6,9-15,17,20,26,28H,1-2,4,7-8,16,18-19,21H2,(H,31,34). The summed E-state index contributed by atoms with van der Waals surface area (Å²) in [6.45, 7) is 0.511. The number of rotatable bonds is 14. The fraction of sp³-hybridized carbons (Fsp3) is 0.379. The van der Waals surface area contributed by atoms with Gasteiger partial charge in [-0.2, -0.15) is 0 Å². The summed E-state index contributed by atoms with van der Waals surface area (Å²) in [5.74, 6) is -0.273. The highest BCUT2D eigenvalue weighted by molar-refractivity contribution is 7.91. The number of carbonyl (C=O) groups is 2. The molecule has 1 fully saturated rings. The molecule has 1 aromatic heterocycles. The van der Waals surface area contributed by atoms with Crippen LogP contribution in [0.3, 0.4) is 0 Å². The molecule has 2 heterocycles. The van der Waals surface area contributed by atoms with Gasteiger partial charge in [-0.15, -0.1) is 0 Å². The number of hydrogen-bond donors (Lipinski definition) is 1. The third kappa shape index (κ3) is 7.69. The molecule has 1 N–H and O–H groups in total. The molecule has 1 saturated heterocycles. The van der Waals surface area contributed by atoms with Gasteiger partial charge in [0.05, 0.1) is 18.9 Å². The number of likely N-dealkylation sites (tertiary alicyclic amines) is 1. The average molecular weight is 525 g/mol. The molecule has 6 nitrogen and oxygen atoms in total. The quantitative estimate of drug-likeness (QED) is 0.187. The van der Waals surface area contributed by atoms with Crippen LogP contribution in [0.2, 0.25) is 0 Å². The van der Waals surface area contributed by atoms with Crippen LogP contribution in [-0.4, -0.2) is 39.2 Å². The van der Waals surface area contributed by atoms with Gasteiger partial charge in [0.15, 0.2) is 5.37 Å². The first-order valence-corrected chi connectivity index (χ1v) is 14.1. The number of furan rings is 1. The average Bonchev–Trinajstić information content (AvgIpc) is 3.41. The molecule has 2 aromatic carbocycles. The van der Waals surface area contributed by atoms with Gasteiger partial charge in [-0.3, -0.25) is 14.5 Å². The van der Waals surface area contributed by atoms with E-state index in [1.54, 1.807) is 18.6 Å². The van der Waals surface area contributed by atoms with Crippen LogP contribution < -0.4 is 5.32 Å². The lowest BCUT2D eigenvalue weighted by Crippen LogP contribution is -2.64. The van der Waals surface area contributed by atoms with Gasteiger partial charge in [-0.05, 0) is 59.8 Å². The lowest BCUT2D eigenvalue weighted by molar-refractivity contribution is -0.150. The number of amides is 2. The van der Waals surface area contributed by atoms with Crippen molar-refractivity contribution in [3.63, 3.8) is 0 Å². The van der Waals surface area contributed by atoms with Crippen LogP contribution in [-0.2, 0) is 39.4 Å². The summed E-state index contributed by atoms with van der Waals surface area (Å²) in [5.41, 5.74) is 2.87. The van der Waals surface area contributed by atoms with Crippen molar-refractivity contribution in [3.8, 4) is 0 Å². The number of β-lactam (4-membered cyclic amide) rings is 1. The minimum atomic E-state index is -1.31. The first-order chi connectivity index (χ1) is 18.0. The summed E-state index contributed by atoms with van der Waals surface area (Å²) >= 11 is -1.31. The molecule has 1 aliphatic rings. The van der Waals surface area contributed by atoms with Crippen LogP contribution in [0.5, 0.6) is 0 Å². The fourth-order valence-corrected chi connectivity index (χ4v) is 6.13. The zero-order chi connectivity index (χ0) is 26.0. The Hall–Kier alpha value is -3.10. The van der Waals surface area contributed by atoms with E-state index in [1.807, 2.05) is 42.5 Å². The molecule has 1 aliphatic heterocycles. The van der Waals surface area contributed by atoms with Gasteiger partial charge in [0, 0.05) is 18.5 Å². The molecule has 37 heavy (non-hydrogen) atoms. The van der Waals surface area contributed by atoms with Gasteiger partial charge in [-0.1, -0.05) is 55.3 Å². The Labute approximate surface area is 220 Å². The van der Waals surface area contributed by atoms with Crippen LogP contribution in [0.25, 0.3) is 0 Å². The molecule has 196 valence electrons.